The molecule has 1 heterocycles. The third-order valence-electron chi connectivity index (χ3n) is 4.65. The zero-order valence-electron chi connectivity index (χ0n) is 18.2. The summed E-state index contributed by atoms with van der Waals surface area (Å²) in [6.45, 7) is 0.271. The van der Waals surface area contributed by atoms with Crippen molar-refractivity contribution in [1.82, 2.24) is 4.37 Å². The largest absolute Gasteiger partial charge is 1.00 e. The first-order valence-corrected chi connectivity index (χ1v) is 10.3. The van der Waals surface area contributed by atoms with Gasteiger partial charge in [0.05, 0.1) is 39.0 Å². The fraction of sp³-hybridized carbons (Fsp3) is 0.273. The maximum absolute atomic E-state index is 12.1. The predicted octanol–water partition coefficient (Wildman–Crippen LogP) is 0.803. The number of benzene rings is 2. The van der Waals surface area contributed by atoms with Gasteiger partial charge in [-0.2, -0.15) is 4.37 Å². The zero-order chi connectivity index (χ0) is 22.4. The summed E-state index contributed by atoms with van der Waals surface area (Å²) < 4.78 is 26.2. The summed E-state index contributed by atoms with van der Waals surface area (Å²) in [6.07, 6.45) is 2.01. The van der Waals surface area contributed by atoms with Gasteiger partial charge in [-0.25, -0.2) is 0 Å². The second kappa shape index (κ2) is 11.6. The lowest BCUT2D eigenvalue weighted by atomic mass is 10.0. The second-order valence-corrected chi connectivity index (χ2v) is 7.29. The Morgan fingerprint density at radius 2 is 1.62 bits per heavy atom. The van der Waals surface area contributed by atoms with Gasteiger partial charge < -0.3 is 42.4 Å². The fourth-order valence-electron chi connectivity index (χ4n) is 3.18. The first kappa shape index (κ1) is 25.3. The molecule has 8 nitrogen and oxygen atoms in total. The number of hydrogen-bond acceptors (Lipinski definition) is 8. The average Bonchev–Trinajstić information content (AvgIpc) is 3.28. The molecule has 0 unspecified atom stereocenters. The lowest BCUT2D eigenvalue weighted by Crippen LogP contribution is -3.00. The van der Waals surface area contributed by atoms with E-state index in [2.05, 4.69) is 9.69 Å². The highest BCUT2D eigenvalue weighted by molar-refractivity contribution is 7.10. The monoisotopic (exact) mass is 478 g/mol. The number of halogens is 1. The number of ether oxygens (including phenoxy) is 4. The molecule has 172 valence electrons. The molecule has 0 aliphatic heterocycles. The number of carbonyl (C=O) groups is 1. The number of rotatable bonds is 9. The molecule has 0 fully saturated rings. The van der Waals surface area contributed by atoms with E-state index in [0.717, 1.165) is 21.6 Å². The standard InChI is InChI=1S/C22H25N3O5S.ClH/c1-27-17-6-5-13(9-16(17)25-20(26)7-8-23)15-12-24-31-22(15)14-10-18(28-2)21(30-4)19(11-14)29-3;/h5-6,9-12H,7-8,23H2,1-4H3,(H,25,26);1H/p-1. The minimum absolute atomic E-state index is 0. The van der Waals surface area contributed by atoms with Gasteiger partial charge in [-0.1, -0.05) is 6.07 Å². The van der Waals surface area contributed by atoms with E-state index in [1.54, 1.807) is 34.6 Å². The van der Waals surface area contributed by atoms with Crippen LogP contribution in [0.1, 0.15) is 6.42 Å². The molecule has 0 saturated carbocycles. The summed E-state index contributed by atoms with van der Waals surface area (Å²) in [5, 5.41) is 2.86. The van der Waals surface area contributed by atoms with Crippen molar-refractivity contribution in [2.45, 2.75) is 6.42 Å². The normalized spacial score (nSPS) is 10.2. The Morgan fingerprint density at radius 1 is 0.969 bits per heavy atom. The van der Waals surface area contributed by atoms with Crippen LogP contribution >= 0.6 is 11.5 Å². The highest BCUT2D eigenvalue weighted by Gasteiger charge is 2.19. The van der Waals surface area contributed by atoms with E-state index >= 15 is 0 Å². The molecule has 0 bridgehead atoms. The van der Waals surface area contributed by atoms with E-state index in [9.17, 15) is 4.79 Å². The molecular weight excluding hydrogens is 454 g/mol. The Balaban J connectivity index is 0.00000363. The lowest BCUT2D eigenvalue weighted by Gasteiger charge is -2.15. The van der Waals surface area contributed by atoms with Gasteiger partial charge >= 0.3 is 0 Å². The van der Waals surface area contributed by atoms with Crippen LogP contribution < -0.4 is 42.4 Å². The van der Waals surface area contributed by atoms with Crippen LogP contribution in [0.25, 0.3) is 21.6 Å². The Hall–Kier alpha value is -3.01. The van der Waals surface area contributed by atoms with Crippen LogP contribution in [-0.4, -0.2) is 45.3 Å². The van der Waals surface area contributed by atoms with Gasteiger partial charge in [0, 0.05) is 30.3 Å². The fourth-order valence-corrected chi connectivity index (χ4v) is 3.94. The molecule has 10 heteroatoms. The molecule has 0 aliphatic rings. The number of methoxy groups -OCH3 is 4. The van der Waals surface area contributed by atoms with Gasteiger partial charge in [0.15, 0.2) is 11.5 Å². The van der Waals surface area contributed by atoms with Crippen molar-refractivity contribution in [3.63, 3.8) is 0 Å². The van der Waals surface area contributed by atoms with Gasteiger partial charge in [0.2, 0.25) is 11.7 Å². The summed E-state index contributed by atoms with van der Waals surface area (Å²) in [5.74, 6) is 2.02. The minimum Gasteiger partial charge on any atom is -1.00 e. The summed E-state index contributed by atoms with van der Waals surface area (Å²) in [4.78, 5) is 13.0. The first-order valence-electron chi connectivity index (χ1n) is 9.49. The third kappa shape index (κ3) is 5.24. The van der Waals surface area contributed by atoms with Crippen LogP contribution in [0, 0.1) is 0 Å². The summed E-state index contributed by atoms with van der Waals surface area (Å²) in [5.41, 5.74) is 8.70. The van der Waals surface area contributed by atoms with E-state index in [4.69, 9.17) is 24.7 Å². The SMILES string of the molecule is COc1ccc(-c2cnsc2-c2cc(OC)c(OC)c(OC)c2)cc1NC(=O)CCN.[Cl-]. The molecule has 1 aromatic heterocycles. The maximum Gasteiger partial charge on any atom is 0.225 e. The van der Waals surface area contributed by atoms with E-state index in [-0.39, 0.29) is 31.3 Å². The van der Waals surface area contributed by atoms with Gasteiger partial charge in [0.25, 0.3) is 0 Å². The number of anilines is 1. The summed E-state index contributed by atoms with van der Waals surface area (Å²) in [6, 6.07) is 9.35. The molecule has 3 aromatic rings. The Bertz CT molecular complexity index is 1050. The molecule has 1 amide bonds. The molecule has 0 aliphatic carbocycles. The second-order valence-electron chi connectivity index (χ2n) is 6.48. The number of nitrogens with zero attached hydrogens (tertiary/aromatic N) is 1. The van der Waals surface area contributed by atoms with Crippen molar-refractivity contribution < 1.29 is 36.1 Å². The van der Waals surface area contributed by atoms with E-state index < -0.39 is 0 Å². The maximum atomic E-state index is 12.1. The molecule has 3 N–H and O–H groups in total. The summed E-state index contributed by atoms with van der Waals surface area (Å²) >= 11 is 1.35. The van der Waals surface area contributed by atoms with Gasteiger partial charge in [-0.05, 0) is 41.4 Å². The molecule has 3 rings (SSSR count). The average molecular weight is 479 g/mol. The van der Waals surface area contributed by atoms with Gasteiger partial charge in [-0.3, -0.25) is 4.79 Å². The first-order chi connectivity index (χ1) is 15.1. The minimum atomic E-state index is -0.175. The molecule has 0 spiro atoms. The van der Waals surface area contributed by atoms with Crippen molar-refractivity contribution in [1.29, 1.82) is 0 Å². The van der Waals surface area contributed by atoms with Crippen molar-refractivity contribution in [3.05, 3.63) is 36.5 Å². The Morgan fingerprint density at radius 3 is 2.19 bits per heavy atom. The molecule has 32 heavy (non-hydrogen) atoms. The highest BCUT2D eigenvalue weighted by Crippen LogP contribution is 2.45. The number of carbonyl (C=O) groups excluding carboxylic acids is 1. The van der Waals surface area contributed by atoms with Crippen molar-refractivity contribution in [2.24, 2.45) is 5.73 Å². The van der Waals surface area contributed by atoms with Crippen LogP contribution in [0.15, 0.2) is 36.5 Å². The third-order valence-corrected chi connectivity index (χ3v) is 5.50. The van der Waals surface area contributed by atoms with Crippen LogP contribution in [0.2, 0.25) is 0 Å². The number of nitrogens with one attached hydrogen (secondary N) is 1. The lowest BCUT2D eigenvalue weighted by molar-refractivity contribution is -0.116. The Labute approximate surface area is 197 Å². The number of hydrogen-bond donors (Lipinski definition) is 2. The Kier molecular flexibility index (Phi) is 9.13. The van der Waals surface area contributed by atoms with Crippen LogP contribution in [0.4, 0.5) is 5.69 Å². The summed E-state index contributed by atoms with van der Waals surface area (Å²) in [7, 11) is 6.28. The topological polar surface area (TPSA) is 105 Å². The van der Waals surface area contributed by atoms with E-state index in [1.807, 2.05) is 30.3 Å². The van der Waals surface area contributed by atoms with Crippen molar-refractivity contribution in [3.8, 4) is 44.6 Å². The van der Waals surface area contributed by atoms with Crippen LogP contribution in [0.3, 0.4) is 0 Å². The number of nitrogens with two attached hydrogens (primary N) is 1. The molecular formula is C22H25ClN3O5S-. The highest BCUT2D eigenvalue weighted by atomic mass is 35.5. The van der Waals surface area contributed by atoms with Crippen LogP contribution in [0.5, 0.6) is 23.0 Å². The number of aromatic nitrogens is 1. The van der Waals surface area contributed by atoms with E-state index in [0.29, 0.717) is 28.7 Å². The molecule has 0 saturated heterocycles. The van der Waals surface area contributed by atoms with Gasteiger partial charge in [0.1, 0.15) is 5.75 Å². The zero-order valence-corrected chi connectivity index (χ0v) is 19.8. The predicted molar refractivity (Wildman–Crippen MR) is 121 cm³/mol. The molecule has 2 aromatic carbocycles. The molecule has 0 radical (unpaired) electrons. The number of amides is 1. The quantitative estimate of drug-likeness (QED) is 0.468. The van der Waals surface area contributed by atoms with Crippen LogP contribution in [-0.2, 0) is 4.79 Å². The smallest absolute Gasteiger partial charge is 0.225 e. The van der Waals surface area contributed by atoms with Crippen molar-refractivity contribution >= 4 is 23.1 Å². The van der Waals surface area contributed by atoms with E-state index in [1.165, 1.54) is 11.5 Å². The molecule has 0 atom stereocenters. The van der Waals surface area contributed by atoms with Crippen molar-refractivity contribution in [2.75, 3.05) is 40.3 Å². The van der Waals surface area contributed by atoms with Gasteiger partial charge in [-0.15, -0.1) is 0 Å².